The van der Waals surface area contributed by atoms with E-state index in [1.54, 1.807) is 12.1 Å². The molecule has 0 aliphatic carbocycles. The Morgan fingerprint density at radius 3 is 1.20 bits per heavy atom. The molecule has 41 heavy (non-hydrogen) atoms. The summed E-state index contributed by atoms with van der Waals surface area (Å²) in [6.07, 6.45) is 0. The molecule has 0 N–H and O–H groups in total. The van der Waals surface area contributed by atoms with Crippen LogP contribution in [0.15, 0.2) is 115 Å². The first-order valence-corrected chi connectivity index (χ1v) is 21.7. The molecule has 0 heterocycles. The molecule has 0 atom stereocenters. The molecule has 0 amide bonds. The van der Waals surface area contributed by atoms with Crippen LogP contribution in [0.2, 0.25) is 13.3 Å². The number of rotatable bonds is 11. The Labute approximate surface area is 250 Å². The second kappa shape index (κ2) is 12.5. The van der Waals surface area contributed by atoms with Crippen LogP contribution in [-0.2, 0) is 19.3 Å². The zero-order valence-electron chi connectivity index (χ0n) is 25.3. The van der Waals surface area contributed by atoms with Gasteiger partial charge in [-0.2, -0.15) is 0 Å². The minimum absolute atomic E-state index is 0.208. The summed E-state index contributed by atoms with van der Waals surface area (Å²) < 4.78 is 23.2. The fraction of sp³-hybridized carbons (Fsp3) is 0.324. The van der Waals surface area contributed by atoms with Gasteiger partial charge in [0, 0.05) is 0 Å². The van der Waals surface area contributed by atoms with Crippen LogP contribution in [0.5, 0.6) is 0 Å². The van der Waals surface area contributed by atoms with E-state index in [1.165, 1.54) is 28.8 Å². The SMILES string of the molecule is CC(C)([CH2][Sn]([CH2]C(C)(C)c1ccccc1)([CH2]C(C)(C)c1ccccc1)[O]C(=O)c1ccc(F)cc1)c1ccccc1. The van der Waals surface area contributed by atoms with Gasteiger partial charge < -0.3 is 0 Å². The van der Waals surface area contributed by atoms with Crippen molar-refractivity contribution in [2.75, 3.05) is 0 Å². The van der Waals surface area contributed by atoms with Crippen LogP contribution < -0.4 is 0 Å². The average Bonchev–Trinajstić information content (AvgIpc) is 2.94. The molecule has 2 nitrogen and oxygen atoms in total. The Kier molecular flexibility index (Phi) is 9.48. The molecule has 0 fully saturated rings. The number of hydrogen-bond donors (Lipinski definition) is 0. The third-order valence-electron chi connectivity index (χ3n) is 8.35. The van der Waals surface area contributed by atoms with Crippen molar-refractivity contribution < 1.29 is 12.3 Å². The molecule has 0 saturated carbocycles. The molecular formula is C37H43FO2Sn. The quantitative estimate of drug-likeness (QED) is 0.150. The average molecular weight is 657 g/mol. The van der Waals surface area contributed by atoms with Crippen molar-refractivity contribution in [2.45, 2.75) is 71.1 Å². The van der Waals surface area contributed by atoms with Crippen LogP contribution in [0, 0.1) is 5.82 Å². The Balaban J connectivity index is 1.86. The van der Waals surface area contributed by atoms with Crippen LogP contribution in [0.1, 0.15) is 68.6 Å². The summed E-state index contributed by atoms with van der Waals surface area (Å²) >= 11 is -4.03. The molecule has 214 valence electrons. The predicted octanol–water partition coefficient (Wildman–Crippen LogP) is 9.86. The summed E-state index contributed by atoms with van der Waals surface area (Å²) in [4.78, 5) is 13.9. The van der Waals surface area contributed by atoms with Crippen LogP contribution in [-0.4, -0.2) is 24.8 Å². The fourth-order valence-corrected chi connectivity index (χ4v) is 25.2. The topological polar surface area (TPSA) is 26.3 Å². The first kappa shape index (κ1) is 31.0. The molecule has 0 saturated heterocycles. The molecule has 4 aromatic rings. The number of carbonyl (C=O) groups excluding carboxylic acids is 1. The molecule has 0 unspecified atom stereocenters. The molecule has 0 aliphatic heterocycles. The molecule has 4 heteroatoms. The molecule has 4 aromatic carbocycles. The summed E-state index contributed by atoms with van der Waals surface area (Å²) in [6.45, 7) is 13.7. The molecular weight excluding hydrogens is 614 g/mol. The van der Waals surface area contributed by atoms with Crippen molar-refractivity contribution in [2.24, 2.45) is 0 Å². The van der Waals surface area contributed by atoms with Gasteiger partial charge in [-0.1, -0.05) is 0 Å². The van der Waals surface area contributed by atoms with Crippen molar-refractivity contribution in [3.63, 3.8) is 0 Å². The minimum atomic E-state index is -4.03. The number of hydrogen-bond acceptors (Lipinski definition) is 2. The molecule has 0 bridgehead atoms. The fourth-order valence-electron chi connectivity index (χ4n) is 6.53. The van der Waals surface area contributed by atoms with Gasteiger partial charge >= 0.3 is 251 Å². The molecule has 0 aromatic heterocycles. The van der Waals surface area contributed by atoms with Crippen LogP contribution >= 0.6 is 0 Å². The summed E-state index contributed by atoms with van der Waals surface area (Å²) in [5, 5.41) is 0. The number of benzene rings is 4. The number of halogens is 1. The van der Waals surface area contributed by atoms with Gasteiger partial charge in [-0.15, -0.1) is 0 Å². The third kappa shape index (κ3) is 7.88. The van der Waals surface area contributed by atoms with Gasteiger partial charge in [-0.25, -0.2) is 0 Å². The Bertz CT molecular complexity index is 1280. The van der Waals surface area contributed by atoms with Gasteiger partial charge in [0.15, 0.2) is 0 Å². The molecule has 0 aliphatic rings. The maximum absolute atomic E-state index is 13.9. The van der Waals surface area contributed by atoms with Crippen LogP contribution in [0.25, 0.3) is 0 Å². The van der Waals surface area contributed by atoms with E-state index in [2.05, 4.69) is 114 Å². The molecule has 0 spiro atoms. The van der Waals surface area contributed by atoms with Gasteiger partial charge in [-0.3, -0.25) is 0 Å². The summed E-state index contributed by atoms with van der Waals surface area (Å²) in [6, 6.07) is 37.5. The normalized spacial score (nSPS) is 12.7. The van der Waals surface area contributed by atoms with Crippen molar-refractivity contribution in [3.05, 3.63) is 143 Å². The first-order chi connectivity index (χ1) is 19.3. The van der Waals surface area contributed by atoms with Crippen molar-refractivity contribution in [1.82, 2.24) is 0 Å². The van der Waals surface area contributed by atoms with Crippen molar-refractivity contribution in [3.8, 4) is 0 Å². The van der Waals surface area contributed by atoms with E-state index < -0.39 is 18.8 Å². The second-order valence-electron chi connectivity index (χ2n) is 13.4. The first-order valence-electron chi connectivity index (χ1n) is 14.5. The van der Waals surface area contributed by atoms with E-state index in [0.29, 0.717) is 5.56 Å². The van der Waals surface area contributed by atoms with E-state index >= 15 is 0 Å². The third-order valence-corrected chi connectivity index (χ3v) is 23.2. The number of carbonyl (C=O) groups is 1. The second-order valence-corrected chi connectivity index (χ2v) is 23.7. The summed E-state index contributed by atoms with van der Waals surface area (Å²) in [5.41, 5.74) is 3.51. The predicted molar refractivity (Wildman–Crippen MR) is 170 cm³/mol. The van der Waals surface area contributed by atoms with Crippen LogP contribution in [0.4, 0.5) is 4.39 Å². The van der Waals surface area contributed by atoms with Gasteiger partial charge in [0.05, 0.1) is 0 Å². The van der Waals surface area contributed by atoms with E-state index in [9.17, 15) is 9.18 Å². The van der Waals surface area contributed by atoms with E-state index in [-0.39, 0.29) is 28.0 Å². The van der Waals surface area contributed by atoms with Crippen molar-refractivity contribution >= 4 is 24.8 Å². The van der Waals surface area contributed by atoms with E-state index in [0.717, 1.165) is 13.3 Å². The zero-order valence-corrected chi connectivity index (χ0v) is 28.1. The Hall–Kier alpha value is -2.92. The Morgan fingerprint density at radius 1 is 0.561 bits per heavy atom. The summed E-state index contributed by atoms with van der Waals surface area (Å²) in [7, 11) is 0. The molecule has 0 radical (unpaired) electrons. The maximum atomic E-state index is 13.9. The molecule has 4 rings (SSSR count). The summed E-state index contributed by atoms with van der Waals surface area (Å²) in [5.74, 6) is -0.700. The zero-order chi connectivity index (χ0) is 29.7. The van der Waals surface area contributed by atoms with Gasteiger partial charge in [0.1, 0.15) is 0 Å². The van der Waals surface area contributed by atoms with Gasteiger partial charge in [0.25, 0.3) is 0 Å². The van der Waals surface area contributed by atoms with E-state index in [4.69, 9.17) is 3.07 Å². The standard InChI is InChI=1S/3C10H13.C7H5FO2.Sn/c3*1-10(2,3)9-7-5-4-6-8-9;8-6-3-1-5(2-4-6)7(9)10;/h3*4-8H,1H2,2-3H3;1-4H,(H,9,10);/q;;;;+1/p-1. The monoisotopic (exact) mass is 658 g/mol. The van der Waals surface area contributed by atoms with Crippen molar-refractivity contribution in [1.29, 1.82) is 0 Å². The Morgan fingerprint density at radius 2 is 0.878 bits per heavy atom. The van der Waals surface area contributed by atoms with Gasteiger partial charge in [-0.05, 0) is 0 Å². The van der Waals surface area contributed by atoms with Gasteiger partial charge in [0.2, 0.25) is 0 Å². The van der Waals surface area contributed by atoms with E-state index in [1.807, 2.05) is 18.2 Å². The van der Waals surface area contributed by atoms with Crippen LogP contribution in [0.3, 0.4) is 0 Å².